The second kappa shape index (κ2) is 5.14. The van der Waals surface area contributed by atoms with E-state index in [2.05, 4.69) is 108 Å². The number of likely N-dealkylation sites (N-methyl/N-ethyl adjacent to an activating group) is 1. The van der Waals surface area contributed by atoms with E-state index in [0.717, 1.165) is 15.8 Å². The van der Waals surface area contributed by atoms with Crippen molar-refractivity contribution >= 4 is 38.5 Å². The first-order valence-electron chi connectivity index (χ1n) is 8.88. The van der Waals surface area contributed by atoms with Gasteiger partial charge in [0.05, 0.1) is 5.41 Å². The molecule has 0 saturated heterocycles. The average Bonchev–Trinajstić information content (AvgIpc) is 2.80. The van der Waals surface area contributed by atoms with Crippen LogP contribution in [0.3, 0.4) is 0 Å². The molecule has 1 spiro atoms. The van der Waals surface area contributed by atoms with E-state index in [0.29, 0.717) is 0 Å². The van der Waals surface area contributed by atoms with Gasteiger partial charge in [0.1, 0.15) is 5.75 Å². The lowest BCUT2D eigenvalue weighted by molar-refractivity contribution is 0.0584. The van der Waals surface area contributed by atoms with E-state index in [9.17, 15) is 0 Å². The van der Waals surface area contributed by atoms with Crippen molar-refractivity contribution in [3.63, 3.8) is 0 Å². The molecule has 0 N–H and O–H groups in total. The minimum Gasteiger partial charge on any atom is -0.463 e. The zero-order chi connectivity index (χ0) is 18.1. The number of nitrogens with zero attached hydrogens (tertiary/aromatic N) is 1. The summed E-state index contributed by atoms with van der Waals surface area (Å²) < 4.78 is 7.85. The van der Waals surface area contributed by atoms with Crippen LogP contribution < -0.4 is 9.64 Å². The number of ether oxygens (including phenoxy) is 1. The predicted octanol–water partition coefficient (Wildman–Crippen LogP) is 6.13. The molecule has 1 atom stereocenters. The fourth-order valence-electron chi connectivity index (χ4n) is 4.57. The average molecular weight is 406 g/mol. The molecule has 26 heavy (non-hydrogen) atoms. The van der Waals surface area contributed by atoms with Crippen molar-refractivity contribution in [2.45, 2.75) is 25.0 Å². The Morgan fingerprint density at radius 1 is 1.00 bits per heavy atom. The van der Waals surface area contributed by atoms with Crippen molar-refractivity contribution in [2.24, 2.45) is 0 Å². The fraction of sp³-hybridized carbons (Fsp3) is 0.217. The first-order valence-corrected chi connectivity index (χ1v) is 9.67. The highest BCUT2D eigenvalue weighted by Gasteiger charge is 2.57. The zero-order valence-electron chi connectivity index (χ0n) is 15.1. The van der Waals surface area contributed by atoms with Crippen LogP contribution in [0.5, 0.6) is 5.75 Å². The van der Waals surface area contributed by atoms with Crippen molar-refractivity contribution in [3.8, 4) is 5.75 Å². The summed E-state index contributed by atoms with van der Waals surface area (Å²) in [6, 6.07) is 19.2. The molecule has 0 saturated carbocycles. The van der Waals surface area contributed by atoms with Crippen molar-refractivity contribution in [3.05, 3.63) is 76.3 Å². The van der Waals surface area contributed by atoms with Crippen LogP contribution in [0.25, 0.3) is 16.8 Å². The third-order valence-corrected chi connectivity index (χ3v) is 6.55. The van der Waals surface area contributed by atoms with Crippen molar-refractivity contribution in [1.82, 2.24) is 0 Å². The Morgan fingerprint density at radius 3 is 2.62 bits per heavy atom. The van der Waals surface area contributed by atoms with Crippen molar-refractivity contribution in [2.75, 3.05) is 11.9 Å². The molecule has 0 aromatic heterocycles. The van der Waals surface area contributed by atoms with Crippen LogP contribution >= 0.6 is 15.9 Å². The first-order chi connectivity index (χ1) is 12.4. The number of benzene rings is 3. The van der Waals surface area contributed by atoms with E-state index in [-0.39, 0.29) is 5.41 Å². The van der Waals surface area contributed by atoms with E-state index in [1.54, 1.807) is 0 Å². The van der Waals surface area contributed by atoms with E-state index in [1.165, 1.54) is 22.0 Å². The zero-order valence-corrected chi connectivity index (χ0v) is 16.7. The van der Waals surface area contributed by atoms with E-state index in [1.807, 2.05) is 0 Å². The van der Waals surface area contributed by atoms with Gasteiger partial charge in [0.15, 0.2) is 0 Å². The van der Waals surface area contributed by atoms with Gasteiger partial charge in [0.25, 0.3) is 0 Å². The molecular weight excluding hydrogens is 386 g/mol. The highest BCUT2D eigenvalue weighted by Crippen LogP contribution is 2.54. The van der Waals surface area contributed by atoms with Gasteiger partial charge in [-0.25, -0.2) is 0 Å². The lowest BCUT2D eigenvalue weighted by Gasteiger charge is -2.46. The predicted molar refractivity (Wildman–Crippen MR) is 112 cm³/mol. The van der Waals surface area contributed by atoms with Crippen LogP contribution in [-0.2, 0) is 5.41 Å². The lowest BCUT2D eigenvalue weighted by Crippen LogP contribution is -2.58. The van der Waals surface area contributed by atoms with Gasteiger partial charge >= 0.3 is 0 Å². The van der Waals surface area contributed by atoms with Crippen molar-refractivity contribution < 1.29 is 4.74 Å². The van der Waals surface area contributed by atoms with Gasteiger partial charge in [-0.2, -0.15) is 0 Å². The monoisotopic (exact) mass is 405 g/mol. The van der Waals surface area contributed by atoms with Gasteiger partial charge in [0, 0.05) is 22.8 Å². The summed E-state index contributed by atoms with van der Waals surface area (Å²) in [5, 5.41) is 2.43. The number of hydrogen-bond donors (Lipinski definition) is 0. The highest BCUT2D eigenvalue weighted by atomic mass is 79.9. The minimum atomic E-state index is -0.521. The second-order valence-corrected chi connectivity index (χ2v) is 8.59. The molecule has 2 aliphatic rings. The molecule has 0 bridgehead atoms. The highest BCUT2D eigenvalue weighted by molar-refractivity contribution is 9.10. The second-order valence-electron chi connectivity index (χ2n) is 7.68. The molecule has 3 aromatic rings. The number of rotatable bonds is 0. The Morgan fingerprint density at radius 2 is 1.81 bits per heavy atom. The number of fused-ring (bicyclic) bond motifs is 4. The number of halogens is 1. The molecule has 130 valence electrons. The number of anilines is 1. The first kappa shape index (κ1) is 16.0. The fourth-order valence-corrected chi connectivity index (χ4v) is 4.94. The molecule has 0 aliphatic carbocycles. The maximum atomic E-state index is 6.76. The van der Waals surface area contributed by atoms with Crippen molar-refractivity contribution in [1.29, 1.82) is 0 Å². The Hall–Kier alpha value is -2.26. The third kappa shape index (κ3) is 1.87. The van der Waals surface area contributed by atoms with E-state index < -0.39 is 5.72 Å². The Kier molecular flexibility index (Phi) is 3.15. The maximum Gasteiger partial charge on any atom is 0.211 e. The molecule has 1 unspecified atom stereocenters. The van der Waals surface area contributed by atoms with Gasteiger partial charge < -0.3 is 9.64 Å². The number of hydrogen-bond acceptors (Lipinski definition) is 2. The molecule has 2 nitrogen and oxygen atoms in total. The molecule has 0 fully saturated rings. The Labute approximate surface area is 162 Å². The van der Waals surface area contributed by atoms with Crippen LogP contribution in [0.2, 0.25) is 0 Å². The van der Waals surface area contributed by atoms with Crippen LogP contribution in [0.4, 0.5) is 5.69 Å². The summed E-state index contributed by atoms with van der Waals surface area (Å²) in [5.74, 6) is 0.940. The normalized spacial score (nSPS) is 22.4. The molecular formula is C23H20BrNO. The summed E-state index contributed by atoms with van der Waals surface area (Å²) >= 11 is 3.56. The van der Waals surface area contributed by atoms with Crippen LogP contribution in [0, 0.1) is 0 Å². The quantitative estimate of drug-likeness (QED) is 0.445. The molecule has 5 rings (SSSR count). The SMILES string of the molecule is CN1c2ccccc2C(C)(C)C12C=Cc1c(ccc3cc(Br)ccc13)O2. The molecule has 2 heterocycles. The van der Waals surface area contributed by atoms with E-state index >= 15 is 0 Å². The summed E-state index contributed by atoms with van der Waals surface area (Å²) in [6.45, 7) is 4.53. The topological polar surface area (TPSA) is 12.5 Å². The summed E-state index contributed by atoms with van der Waals surface area (Å²) in [5.41, 5.74) is 3.02. The van der Waals surface area contributed by atoms with Crippen LogP contribution in [0.15, 0.2) is 65.1 Å². The molecule has 0 amide bonds. The standard InChI is InChI=1S/C23H20BrNO/c1-22(2)19-6-4-5-7-20(19)25(3)23(22)13-12-18-17-10-9-16(24)14-15(17)8-11-21(18)26-23/h4-14H,1-3H3. The Balaban J connectivity index is 1.70. The lowest BCUT2D eigenvalue weighted by atomic mass is 9.76. The van der Waals surface area contributed by atoms with Gasteiger partial charge in [-0.05, 0) is 66.6 Å². The molecule has 0 radical (unpaired) electrons. The van der Waals surface area contributed by atoms with Gasteiger partial charge in [0.2, 0.25) is 5.72 Å². The molecule has 2 aliphatic heterocycles. The van der Waals surface area contributed by atoms with Gasteiger partial charge in [-0.3, -0.25) is 0 Å². The summed E-state index contributed by atoms with van der Waals surface area (Å²) in [4.78, 5) is 2.27. The summed E-state index contributed by atoms with van der Waals surface area (Å²) in [6.07, 6.45) is 4.47. The van der Waals surface area contributed by atoms with Gasteiger partial charge in [-0.1, -0.05) is 46.3 Å². The minimum absolute atomic E-state index is 0.165. The Bertz CT molecular complexity index is 1080. The maximum absolute atomic E-state index is 6.76. The summed E-state index contributed by atoms with van der Waals surface area (Å²) in [7, 11) is 2.13. The smallest absolute Gasteiger partial charge is 0.211 e. The molecule has 3 aromatic carbocycles. The third-order valence-electron chi connectivity index (χ3n) is 6.06. The number of para-hydroxylation sites is 1. The van der Waals surface area contributed by atoms with Crippen LogP contribution in [0.1, 0.15) is 25.0 Å². The largest absolute Gasteiger partial charge is 0.463 e. The molecule has 3 heteroatoms. The van der Waals surface area contributed by atoms with Crippen LogP contribution in [-0.4, -0.2) is 12.8 Å². The van der Waals surface area contributed by atoms with E-state index in [4.69, 9.17) is 4.74 Å². The van der Waals surface area contributed by atoms with Gasteiger partial charge in [-0.15, -0.1) is 0 Å².